The maximum absolute atomic E-state index is 6.30. The Morgan fingerprint density at radius 2 is 1.60 bits per heavy atom. The summed E-state index contributed by atoms with van der Waals surface area (Å²) in [6, 6.07) is 0. The van der Waals surface area contributed by atoms with E-state index in [-0.39, 0.29) is 0 Å². The first-order valence-corrected chi connectivity index (χ1v) is 8.16. The van der Waals surface area contributed by atoms with Crippen LogP contribution in [0.5, 0.6) is 0 Å². The van der Waals surface area contributed by atoms with Gasteiger partial charge in [-0.15, -0.1) is 0 Å². The minimum atomic E-state index is -0.422. The zero-order chi connectivity index (χ0) is 14.6. The smallest absolute Gasteiger partial charge is 0.163 e. The first kappa shape index (κ1) is 16.0. The normalized spacial score (nSPS) is 18.8. The van der Waals surface area contributed by atoms with Crippen LogP contribution in [-0.4, -0.2) is 17.1 Å². The van der Waals surface area contributed by atoms with Gasteiger partial charge < -0.3 is 4.74 Å². The van der Waals surface area contributed by atoms with E-state index in [0.717, 1.165) is 44.1 Å². The molecule has 0 amide bonds. The third-order valence-electron chi connectivity index (χ3n) is 4.12. The van der Waals surface area contributed by atoms with Crippen LogP contribution in [0.1, 0.15) is 63.3 Å². The van der Waals surface area contributed by atoms with E-state index in [0.29, 0.717) is 16.1 Å². The van der Waals surface area contributed by atoms with Gasteiger partial charge in [-0.25, -0.2) is 9.97 Å². The van der Waals surface area contributed by atoms with Crippen molar-refractivity contribution in [1.82, 2.24) is 9.97 Å². The molecule has 0 spiro atoms. The molecular formula is C15H22Cl2N2O. The molecule has 0 unspecified atom stereocenters. The Balaban J connectivity index is 2.39. The molecule has 1 fully saturated rings. The third kappa shape index (κ3) is 3.26. The molecule has 20 heavy (non-hydrogen) atoms. The molecule has 0 aliphatic heterocycles. The lowest BCUT2D eigenvalue weighted by Gasteiger charge is -2.30. The van der Waals surface area contributed by atoms with Crippen LogP contribution < -0.4 is 0 Å². The summed E-state index contributed by atoms with van der Waals surface area (Å²) in [7, 11) is 1.73. The molecule has 1 aliphatic carbocycles. The molecule has 2 rings (SSSR count). The molecule has 0 radical (unpaired) electrons. The number of hydrogen-bond donors (Lipinski definition) is 0. The fourth-order valence-corrected chi connectivity index (χ4v) is 3.49. The number of ether oxygens (including phenoxy) is 1. The first-order chi connectivity index (χ1) is 9.63. The van der Waals surface area contributed by atoms with Crippen LogP contribution in [0.2, 0.25) is 10.3 Å². The van der Waals surface area contributed by atoms with Crippen molar-refractivity contribution in [2.24, 2.45) is 0 Å². The molecule has 3 nitrogen and oxygen atoms in total. The van der Waals surface area contributed by atoms with Crippen molar-refractivity contribution in [3.05, 3.63) is 21.7 Å². The van der Waals surface area contributed by atoms with E-state index in [1.54, 1.807) is 7.11 Å². The predicted molar refractivity (Wildman–Crippen MR) is 82.4 cm³/mol. The number of halogens is 2. The van der Waals surface area contributed by atoms with Crippen molar-refractivity contribution in [1.29, 1.82) is 0 Å². The van der Waals surface area contributed by atoms with Gasteiger partial charge in [-0.05, 0) is 19.3 Å². The molecular weight excluding hydrogens is 295 g/mol. The second kappa shape index (κ2) is 7.06. The van der Waals surface area contributed by atoms with Crippen LogP contribution in [0.4, 0.5) is 0 Å². The summed E-state index contributed by atoms with van der Waals surface area (Å²) >= 11 is 12.6. The Morgan fingerprint density at radius 1 is 1.05 bits per heavy atom. The lowest BCUT2D eigenvalue weighted by molar-refractivity contribution is -0.0351. The van der Waals surface area contributed by atoms with Crippen molar-refractivity contribution in [3.8, 4) is 0 Å². The second-order valence-electron chi connectivity index (χ2n) is 5.47. The Labute approximate surface area is 131 Å². The van der Waals surface area contributed by atoms with E-state index in [4.69, 9.17) is 27.9 Å². The SMILES string of the molecule is CCCc1c(Cl)nc(C2(OC)CCCCCC2)nc1Cl. The van der Waals surface area contributed by atoms with Crippen molar-refractivity contribution in [2.75, 3.05) is 7.11 Å². The van der Waals surface area contributed by atoms with Gasteiger partial charge in [-0.1, -0.05) is 62.2 Å². The minimum Gasteiger partial charge on any atom is -0.370 e. The second-order valence-corrected chi connectivity index (χ2v) is 6.19. The van der Waals surface area contributed by atoms with Gasteiger partial charge >= 0.3 is 0 Å². The number of methoxy groups -OCH3 is 1. The van der Waals surface area contributed by atoms with Gasteiger partial charge in [-0.2, -0.15) is 0 Å². The fourth-order valence-electron chi connectivity index (χ4n) is 2.91. The van der Waals surface area contributed by atoms with Gasteiger partial charge in [0.25, 0.3) is 0 Å². The van der Waals surface area contributed by atoms with Crippen LogP contribution in [0.3, 0.4) is 0 Å². The summed E-state index contributed by atoms with van der Waals surface area (Å²) in [5.74, 6) is 0.650. The number of hydrogen-bond acceptors (Lipinski definition) is 3. The fraction of sp³-hybridized carbons (Fsp3) is 0.733. The van der Waals surface area contributed by atoms with Gasteiger partial charge in [0.1, 0.15) is 15.9 Å². The summed E-state index contributed by atoms with van der Waals surface area (Å²) < 4.78 is 5.81. The van der Waals surface area contributed by atoms with Gasteiger partial charge in [0.2, 0.25) is 0 Å². The highest BCUT2D eigenvalue weighted by atomic mass is 35.5. The van der Waals surface area contributed by atoms with Crippen molar-refractivity contribution < 1.29 is 4.74 Å². The maximum Gasteiger partial charge on any atom is 0.163 e. The standard InChI is InChI=1S/C15H22Cl2N2O/c1-3-8-11-12(16)18-14(19-13(11)17)15(20-2)9-6-4-5-7-10-15/h3-10H2,1-2H3. The maximum atomic E-state index is 6.30. The third-order valence-corrected chi connectivity index (χ3v) is 4.74. The highest BCUT2D eigenvalue weighted by Gasteiger charge is 2.36. The molecule has 0 aromatic carbocycles. The van der Waals surface area contributed by atoms with Gasteiger partial charge in [0.05, 0.1) is 0 Å². The zero-order valence-corrected chi connectivity index (χ0v) is 13.7. The van der Waals surface area contributed by atoms with Gasteiger partial charge in [-0.3, -0.25) is 0 Å². The van der Waals surface area contributed by atoms with E-state index < -0.39 is 5.60 Å². The molecule has 1 saturated carbocycles. The van der Waals surface area contributed by atoms with Crippen molar-refractivity contribution >= 4 is 23.2 Å². The van der Waals surface area contributed by atoms with Crippen LogP contribution in [-0.2, 0) is 16.8 Å². The molecule has 1 aromatic rings. The lowest BCUT2D eigenvalue weighted by Crippen LogP contribution is -2.30. The monoisotopic (exact) mass is 316 g/mol. The Bertz CT molecular complexity index is 434. The van der Waals surface area contributed by atoms with Gasteiger partial charge in [0, 0.05) is 12.7 Å². The van der Waals surface area contributed by atoms with E-state index in [1.807, 2.05) is 0 Å². The number of aromatic nitrogens is 2. The summed E-state index contributed by atoms with van der Waals surface area (Å²) in [5, 5.41) is 0.949. The van der Waals surface area contributed by atoms with Crippen LogP contribution in [0.25, 0.3) is 0 Å². The predicted octanol–water partition coefficient (Wildman–Crippen LogP) is 4.93. The highest BCUT2D eigenvalue weighted by Crippen LogP contribution is 2.38. The molecule has 0 atom stereocenters. The largest absolute Gasteiger partial charge is 0.370 e. The van der Waals surface area contributed by atoms with Crippen LogP contribution in [0, 0.1) is 0 Å². The molecule has 1 heterocycles. The molecule has 0 saturated heterocycles. The average Bonchev–Trinajstić information content (AvgIpc) is 2.69. The van der Waals surface area contributed by atoms with E-state index in [1.165, 1.54) is 12.8 Å². The molecule has 0 bridgehead atoms. The van der Waals surface area contributed by atoms with E-state index in [9.17, 15) is 0 Å². The molecule has 1 aliphatic rings. The quantitative estimate of drug-likeness (QED) is 0.583. The topological polar surface area (TPSA) is 35.0 Å². The number of rotatable bonds is 4. The Morgan fingerprint density at radius 3 is 2.05 bits per heavy atom. The highest BCUT2D eigenvalue weighted by molar-refractivity contribution is 6.34. The first-order valence-electron chi connectivity index (χ1n) is 7.40. The van der Waals surface area contributed by atoms with Crippen LogP contribution in [0.15, 0.2) is 0 Å². The molecule has 1 aromatic heterocycles. The minimum absolute atomic E-state index is 0.422. The van der Waals surface area contributed by atoms with Crippen LogP contribution >= 0.6 is 23.2 Å². The zero-order valence-electron chi connectivity index (χ0n) is 12.2. The molecule has 5 heteroatoms. The van der Waals surface area contributed by atoms with E-state index in [2.05, 4.69) is 16.9 Å². The van der Waals surface area contributed by atoms with Crippen molar-refractivity contribution in [3.63, 3.8) is 0 Å². The summed E-state index contributed by atoms with van der Waals surface area (Å²) in [6.45, 7) is 2.09. The average molecular weight is 317 g/mol. The van der Waals surface area contributed by atoms with Crippen molar-refractivity contribution in [2.45, 2.75) is 63.9 Å². The van der Waals surface area contributed by atoms with Gasteiger partial charge in [0.15, 0.2) is 5.82 Å². The molecule has 112 valence electrons. The summed E-state index contributed by atoms with van der Waals surface area (Å²) in [6.07, 6.45) is 8.37. The van der Waals surface area contributed by atoms with E-state index >= 15 is 0 Å². The molecule has 0 N–H and O–H groups in total. The number of nitrogens with zero attached hydrogens (tertiary/aromatic N) is 2. The summed E-state index contributed by atoms with van der Waals surface area (Å²) in [4.78, 5) is 9.01. The lowest BCUT2D eigenvalue weighted by atomic mass is 9.93. The Kier molecular flexibility index (Phi) is 5.65. The Hall–Kier alpha value is -0.380. The summed E-state index contributed by atoms with van der Waals surface area (Å²) in [5.41, 5.74) is 0.425.